The summed E-state index contributed by atoms with van der Waals surface area (Å²) in [6, 6.07) is 21.3. The molecule has 4 aromatic rings. The largest absolute Gasteiger partial charge is 0.493 e. The summed E-state index contributed by atoms with van der Waals surface area (Å²) in [6.45, 7) is 2.45. The van der Waals surface area contributed by atoms with Gasteiger partial charge in [-0.15, -0.1) is 0 Å². The van der Waals surface area contributed by atoms with Gasteiger partial charge in [0.2, 0.25) is 0 Å². The molecule has 5 rings (SSSR count). The molecule has 0 aliphatic carbocycles. The van der Waals surface area contributed by atoms with E-state index < -0.39 is 0 Å². The minimum atomic E-state index is 0.181. The van der Waals surface area contributed by atoms with Crippen LogP contribution in [0.1, 0.15) is 17.2 Å². The molecule has 0 saturated carbocycles. The molecule has 1 aliphatic heterocycles. The molecule has 1 aliphatic rings. The van der Waals surface area contributed by atoms with E-state index in [1.807, 2.05) is 12.1 Å². The van der Waals surface area contributed by atoms with Gasteiger partial charge in [0, 0.05) is 42.6 Å². The van der Waals surface area contributed by atoms with Gasteiger partial charge in [0.05, 0.1) is 19.8 Å². The Hall–Kier alpha value is -3.82. The number of anilines is 1. The summed E-state index contributed by atoms with van der Waals surface area (Å²) in [6.07, 6.45) is 1.65. The predicted octanol–water partition coefficient (Wildman–Crippen LogP) is 4.43. The van der Waals surface area contributed by atoms with Crippen molar-refractivity contribution in [2.75, 3.05) is 38.8 Å². The van der Waals surface area contributed by atoms with E-state index in [9.17, 15) is 5.26 Å². The molecule has 0 amide bonds. The number of rotatable bonds is 4. The molecule has 2 heterocycles. The van der Waals surface area contributed by atoms with Gasteiger partial charge in [-0.1, -0.05) is 36.4 Å². The highest BCUT2D eigenvalue weighted by Crippen LogP contribution is 2.38. The highest BCUT2D eigenvalue weighted by Gasteiger charge is 2.24. The van der Waals surface area contributed by atoms with Crippen LogP contribution < -0.4 is 19.7 Å². The average molecular weight is 425 g/mol. The lowest BCUT2D eigenvalue weighted by molar-refractivity contribution is 0.356. The molecule has 1 saturated heterocycles. The van der Waals surface area contributed by atoms with Crippen LogP contribution in [0.25, 0.3) is 21.5 Å². The number of nitriles is 1. The quantitative estimate of drug-likeness (QED) is 0.523. The van der Waals surface area contributed by atoms with Crippen LogP contribution in [0.2, 0.25) is 0 Å². The van der Waals surface area contributed by atoms with Gasteiger partial charge >= 0.3 is 0 Å². The molecule has 6 heteroatoms. The maximum atomic E-state index is 9.62. The lowest BCUT2D eigenvalue weighted by Crippen LogP contribution is -2.46. The van der Waals surface area contributed by atoms with Crippen molar-refractivity contribution in [2.24, 2.45) is 0 Å². The van der Waals surface area contributed by atoms with Gasteiger partial charge < -0.3 is 19.7 Å². The Labute approximate surface area is 187 Å². The molecule has 1 unspecified atom stereocenters. The van der Waals surface area contributed by atoms with Crippen LogP contribution in [-0.2, 0) is 0 Å². The zero-order chi connectivity index (χ0) is 22.1. The maximum absolute atomic E-state index is 9.62. The van der Waals surface area contributed by atoms with Crippen molar-refractivity contribution in [1.82, 2.24) is 10.3 Å². The SMILES string of the molecule is COc1cc2c(C#N)cnc(N3CCNC(c4ccc5ccccc5c4)C3)c2cc1OC. The molecule has 0 spiro atoms. The number of piperazine rings is 1. The van der Waals surface area contributed by atoms with Crippen LogP contribution in [0.3, 0.4) is 0 Å². The summed E-state index contributed by atoms with van der Waals surface area (Å²) in [5.74, 6) is 2.08. The number of benzene rings is 3. The topological polar surface area (TPSA) is 70.4 Å². The van der Waals surface area contributed by atoms with Gasteiger partial charge in [0.15, 0.2) is 11.5 Å². The van der Waals surface area contributed by atoms with Crippen LogP contribution >= 0.6 is 0 Å². The van der Waals surface area contributed by atoms with Gasteiger partial charge in [-0.3, -0.25) is 0 Å². The van der Waals surface area contributed by atoms with Crippen molar-refractivity contribution >= 4 is 27.4 Å². The van der Waals surface area contributed by atoms with E-state index in [2.05, 4.69) is 63.7 Å². The number of nitrogens with zero attached hydrogens (tertiary/aromatic N) is 3. The second kappa shape index (κ2) is 8.37. The standard InChI is InChI=1S/C26H24N4O2/c1-31-24-12-21-20(14-27)15-29-26(22(21)13-25(24)32-2)30-10-9-28-23(16-30)19-8-7-17-5-3-4-6-18(17)11-19/h3-8,11-13,15,23,28H,9-10,16H2,1-2H3. The number of nitrogens with one attached hydrogen (secondary N) is 1. The molecule has 1 N–H and O–H groups in total. The minimum Gasteiger partial charge on any atom is -0.493 e. The molecule has 32 heavy (non-hydrogen) atoms. The number of aromatic nitrogens is 1. The first-order chi connectivity index (χ1) is 15.7. The van der Waals surface area contributed by atoms with Gasteiger partial charge in [0.25, 0.3) is 0 Å². The Balaban J connectivity index is 1.55. The van der Waals surface area contributed by atoms with Gasteiger partial charge in [-0.25, -0.2) is 4.98 Å². The molecule has 0 radical (unpaired) electrons. The third kappa shape index (κ3) is 3.47. The van der Waals surface area contributed by atoms with E-state index in [1.54, 1.807) is 20.4 Å². The summed E-state index contributed by atoms with van der Waals surface area (Å²) < 4.78 is 11.0. The number of ether oxygens (including phenoxy) is 2. The molecular weight excluding hydrogens is 400 g/mol. The van der Waals surface area contributed by atoms with Crippen LogP contribution in [-0.4, -0.2) is 38.8 Å². The van der Waals surface area contributed by atoms with Crippen LogP contribution in [0.15, 0.2) is 60.8 Å². The first-order valence-corrected chi connectivity index (χ1v) is 10.6. The summed E-state index contributed by atoms with van der Waals surface area (Å²) in [4.78, 5) is 6.97. The van der Waals surface area contributed by atoms with E-state index in [0.29, 0.717) is 17.1 Å². The summed E-state index contributed by atoms with van der Waals surface area (Å²) in [7, 11) is 3.22. The Morgan fingerprint density at radius 3 is 2.50 bits per heavy atom. The first kappa shape index (κ1) is 20.1. The highest BCUT2D eigenvalue weighted by atomic mass is 16.5. The van der Waals surface area contributed by atoms with Crippen molar-refractivity contribution in [3.05, 3.63) is 71.9 Å². The van der Waals surface area contributed by atoms with Crippen LogP contribution in [0, 0.1) is 11.3 Å². The Morgan fingerprint density at radius 1 is 1.00 bits per heavy atom. The maximum Gasteiger partial charge on any atom is 0.161 e. The number of pyridine rings is 1. The average Bonchev–Trinajstić information content (AvgIpc) is 2.86. The van der Waals surface area contributed by atoms with Crippen LogP contribution in [0.4, 0.5) is 5.82 Å². The summed E-state index contributed by atoms with van der Waals surface area (Å²) in [5, 5.41) is 17.4. The molecule has 160 valence electrons. The lowest BCUT2D eigenvalue weighted by atomic mass is 9.99. The highest BCUT2D eigenvalue weighted by molar-refractivity contribution is 5.98. The molecule has 1 atom stereocenters. The summed E-state index contributed by atoms with van der Waals surface area (Å²) >= 11 is 0. The number of fused-ring (bicyclic) bond motifs is 2. The molecule has 6 nitrogen and oxygen atoms in total. The van der Waals surface area contributed by atoms with Gasteiger partial charge in [-0.2, -0.15) is 5.26 Å². The molecule has 1 fully saturated rings. The third-order valence-electron chi connectivity index (χ3n) is 6.14. The zero-order valence-corrected chi connectivity index (χ0v) is 18.1. The number of methoxy groups -OCH3 is 2. The van der Waals surface area contributed by atoms with Gasteiger partial charge in [-0.05, 0) is 34.5 Å². The minimum absolute atomic E-state index is 0.181. The molecule has 0 bridgehead atoms. The molecular formula is C26H24N4O2. The lowest BCUT2D eigenvalue weighted by Gasteiger charge is -2.35. The monoisotopic (exact) mass is 424 g/mol. The van der Waals surface area contributed by atoms with E-state index >= 15 is 0 Å². The second-order valence-electron chi connectivity index (χ2n) is 7.92. The number of hydrogen-bond donors (Lipinski definition) is 1. The van der Waals surface area contributed by atoms with Crippen molar-refractivity contribution < 1.29 is 9.47 Å². The van der Waals surface area contributed by atoms with Crippen molar-refractivity contribution in [3.63, 3.8) is 0 Å². The smallest absolute Gasteiger partial charge is 0.161 e. The van der Waals surface area contributed by atoms with E-state index in [1.165, 1.54) is 16.3 Å². The Bertz CT molecular complexity index is 1350. The van der Waals surface area contributed by atoms with E-state index in [4.69, 9.17) is 9.47 Å². The van der Waals surface area contributed by atoms with E-state index in [-0.39, 0.29) is 6.04 Å². The number of hydrogen-bond acceptors (Lipinski definition) is 6. The first-order valence-electron chi connectivity index (χ1n) is 10.6. The normalized spacial score (nSPS) is 16.2. The summed E-state index contributed by atoms with van der Waals surface area (Å²) in [5.41, 5.74) is 1.77. The Kier molecular flexibility index (Phi) is 5.26. The molecule has 1 aromatic heterocycles. The fraction of sp³-hybridized carbons (Fsp3) is 0.231. The second-order valence-corrected chi connectivity index (χ2v) is 7.92. The van der Waals surface area contributed by atoms with Crippen molar-refractivity contribution in [2.45, 2.75) is 6.04 Å². The zero-order valence-electron chi connectivity index (χ0n) is 18.1. The predicted molar refractivity (Wildman–Crippen MR) is 126 cm³/mol. The molecule has 3 aromatic carbocycles. The fourth-order valence-corrected chi connectivity index (χ4v) is 4.48. The third-order valence-corrected chi connectivity index (χ3v) is 6.14. The fourth-order valence-electron chi connectivity index (χ4n) is 4.48. The van der Waals surface area contributed by atoms with Crippen molar-refractivity contribution in [1.29, 1.82) is 5.26 Å². The van der Waals surface area contributed by atoms with Crippen molar-refractivity contribution in [3.8, 4) is 17.6 Å². The van der Waals surface area contributed by atoms with Gasteiger partial charge in [0.1, 0.15) is 11.9 Å². The Morgan fingerprint density at radius 2 is 1.75 bits per heavy atom. The van der Waals surface area contributed by atoms with E-state index in [0.717, 1.165) is 36.2 Å². The van der Waals surface area contributed by atoms with Crippen LogP contribution in [0.5, 0.6) is 11.5 Å².